The van der Waals surface area contributed by atoms with Crippen LogP contribution >= 0.6 is 0 Å². The van der Waals surface area contributed by atoms with Crippen LogP contribution in [0.15, 0.2) is 18.3 Å². The molecule has 0 spiro atoms. The molecule has 1 aliphatic heterocycles. The number of nitrogens with zero attached hydrogens (tertiary/aromatic N) is 4. The van der Waals surface area contributed by atoms with E-state index in [1.165, 1.54) is 0 Å². The van der Waals surface area contributed by atoms with Crippen LogP contribution in [0.1, 0.15) is 38.3 Å². The maximum absolute atomic E-state index is 9.94. The molecule has 0 saturated carbocycles. The van der Waals surface area contributed by atoms with Gasteiger partial charge >= 0.3 is 0 Å². The number of aromatic nitrogens is 3. The Morgan fingerprint density at radius 3 is 2.78 bits per heavy atom. The van der Waals surface area contributed by atoms with Gasteiger partial charge in [0.15, 0.2) is 5.65 Å². The Balaban J connectivity index is 1.93. The van der Waals surface area contributed by atoms with Crippen molar-refractivity contribution in [2.24, 2.45) is 5.41 Å². The zero-order valence-corrected chi connectivity index (χ0v) is 14.2. The molecule has 0 aliphatic carbocycles. The van der Waals surface area contributed by atoms with Crippen molar-refractivity contribution in [3.05, 3.63) is 24.0 Å². The van der Waals surface area contributed by atoms with E-state index in [1.807, 2.05) is 10.6 Å². The van der Waals surface area contributed by atoms with Crippen molar-refractivity contribution in [2.45, 2.75) is 32.6 Å². The summed E-state index contributed by atoms with van der Waals surface area (Å²) in [5.74, 6) is 1.37. The molecule has 1 aliphatic rings. The van der Waals surface area contributed by atoms with Crippen LogP contribution in [0.4, 0.5) is 5.82 Å². The molecule has 6 heteroatoms. The maximum Gasteiger partial charge on any atom is 0.157 e. The molecule has 0 radical (unpaired) electrons. The Kier molecular flexibility index (Phi) is 4.55. The summed E-state index contributed by atoms with van der Waals surface area (Å²) in [6.45, 7) is 6.70. The Morgan fingerprint density at radius 2 is 2.13 bits per heavy atom. The lowest BCUT2D eigenvalue weighted by Gasteiger charge is -2.39. The number of hydrogen-bond donors (Lipinski definition) is 1. The van der Waals surface area contributed by atoms with Gasteiger partial charge in [0.05, 0.1) is 12.8 Å². The van der Waals surface area contributed by atoms with Gasteiger partial charge in [0.2, 0.25) is 0 Å². The van der Waals surface area contributed by atoms with Gasteiger partial charge in [0.1, 0.15) is 5.82 Å². The highest BCUT2D eigenvalue weighted by atomic mass is 16.5. The highest BCUT2D eigenvalue weighted by Gasteiger charge is 2.33. The zero-order valence-electron chi connectivity index (χ0n) is 14.2. The predicted octanol–water partition coefficient (Wildman–Crippen LogP) is 2.08. The second-order valence-electron chi connectivity index (χ2n) is 6.92. The first-order chi connectivity index (χ1) is 11.0. The lowest BCUT2D eigenvalue weighted by Crippen LogP contribution is -2.43. The van der Waals surface area contributed by atoms with Crippen molar-refractivity contribution < 1.29 is 9.84 Å². The molecule has 0 bridgehead atoms. The fourth-order valence-corrected chi connectivity index (χ4v) is 3.24. The number of hydrogen-bond acceptors (Lipinski definition) is 5. The maximum atomic E-state index is 9.94. The van der Waals surface area contributed by atoms with Gasteiger partial charge in [0.25, 0.3) is 0 Å². The molecule has 23 heavy (non-hydrogen) atoms. The highest BCUT2D eigenvalue weighted by molar-refractivity contribution is 5.51. The van der Waals surface area contributed by atoms with Crippen LogP contribution in [-0.2, 0) is 4.74 Å². The second-order valence-corrected chi connectivity index (χ2v) is 6.92. The van der Waals surface area contributed by atoms with Gasteiger partial charge in [0, 0.05) is 50.0 Å². The molecule has 126 valence electrons. The molecule has 0 atom stereocenters. The van der Waals surface area contributed by atoms with Crippen molar-refractivity contribution in [2.75, 3.05) is 38.3 Å². The van der Waals surface area contributed by atoms with Crippen LogP contribution in [-0.4, -0.2) is 53.1 Å². The third kappa shape index (κ3) is 3.19. The first-order valence-corrected chi connectivity index (χ1v) is 8.29. The van der Waals surface area contributed by atoms with E-state index < -0.39 is 0 Å². The smallest absolute Gasteiger partial charge is 0.157 e. The quantitative estimate of drug-likeness (QED) is 0.914. The van der Waals surface area contributed by atoms with Crippen molar-refractivity contribution in [3.8, 4) is 0 Å². The number of rotatable bonds is 5. The Labute approximate surface area is 137 Å². The molecule has 0 amide bonds. The molecular formula is C17H26N4O2. The Morgan fingerprint density at radius 1 is 1.39 bits per heavy atom. The lowest BCUT2D eigenvalue weighted by molar-refractivity contribution is -0.0114. The number of ether oxygens (including phenoxy) is 1. The van der Waals surface area contributed by atoms with Crippen LogP contribution in [0.25, 0.3) is 5.65 Å². The number of anilines is 1. The van der Waals surface area contributed by atoms with Crippen molar-refractivity contribution in [3.63, 3.8) is 0 Å². The topological polar surface area (TPSA) is 62.9 Å². The first kappa shape index (κ1) is 16.2. The molecule has 6 nitrogen and oxygen atoms in total. The van der Waals surface area contributed by atoms with E-state index in [4.69, 9.17) is 4.74 Å². The first-order valence-electron chi connectivity index (χ1n) is 8.29. The number of aliphatic hydroxyl groups is 1. The average molecular weight is 318 g/mol. The van der Waals surface area contributed by atoms with E-state index in [9.17, 15) is 5.11 Å². The van der Waals surface area contributed by atoms with Gasteiger partial charge in [-0.1, -0.05) is 13.8 Å². The van der Waals surface area contributed by atoms with Crippen molar-refractivity contribution >= 4 is 11.5 Å². The molecule has 2 aromatic rings. The van der Waals surface area contributed by atoms with Crippen LogP contribution < -0.4 is 4.90 Å². The van der Waals surface area contributed by atoms with Crippen LogP contribution in [0.3, 0.4) is 0 Å². The largest absolute Gasteiger partial charge is 0.396 e. The van der Waals surface area contributed by atoms with E-state index in [0.717, 1.165) is 49.8 Å². The molecule has 1 fully saturated rings. The van der Waals surface area contributed by atoms with Crippen molar-refractivity contribution in [1.82, 2.24) is 14.6 Å². The monoisotopic (exact) mass is 318 g/mol. The summed E-state index contributed by atoms with van der Waals surface area (Å²) < 4.78 is 7.34. The summed E-state index contributed by atoms with van der Waals surface area (Å²) in [4.78, 5) is 6.86. The third-order valence-corrected chi connectivity index (χ3v) is 4.80. The standard InChI is InChI=1S/C17H26N4O2/c1-13(2)14-10-16(21-15(19-14)4-7-18-21)20(3)11-17(12-22)5-8-23-9-6-17/h4,7,10,13,22H,5-6,8-9,11-12H2,1-3H3. The van der Waals surface area contributed by atoms with Gasteiger partial charge in [-0.05, 0) is 18.8 Å². The van der Waals surface area contributed by atoms with E-state index in [1.54, 1.807) is 6.20 Å². The molecule has 3 rings (SSSR count). The molecule has 0 aromatic carbocycles. The molecule has 3 heterocycles. The fraction of sp³-hybridized carbons (Fsp3) is 0.647. The normalized spacial score (nSPS) is 17.8. The minimum Gasteiger partial charge on any atom is -0.396 e. The Bertz CT molecular complexity index is 662. The summed E-state index contributed by atoms with van der Waals surface area (Å²) in [6, 6.07) is 4.04. The molecule has 1 saturated heterocycles. The lowest BCUT2D eigenvalue weighted by atomic mass is 9.80. The minimum absolute atomic E-state index is 0.103. The molecule has 0 unspecified atom stereocenters. The number of aliphatic hydroxyl groups excluding tert-OH is 1. The number of fused-ring (bicyclic) bond motifs is 1. The summed E-state index contributed by atoms with van der Waals surface area (Å²) in [7, 11) is 2.06. The van der Waals surface area contributed by atoms with E-state index in [0.29, 0.717) is 5.92 Å². The summed E-state index contributed by atoms with van der Waals surface area (Å²) in [6.07, 6.45) is 3.55. The highest BCUT2D eigenvalue weighted by Crippen LogP contribution is 2.32. The molecular weight excluding hydrogens is 292 g/mol. The Hall–Kier alpha value is -1.66. The van der Waals surface area contributed by atoms with Gasteiger partial charge in [-0.2, -0.15) is 9.61 Å². The molecule has 2 aromatic heterocycles. The second kappa shape index (κ2) is 6.45. The fourth-order valence-electron chi connectivity index (χ4n) is 3.24. The zero-order chi connectivity index (χ0) is 16.4. The predicted molar refractivity (Wildman–Crippen MR) is 89.9 cm³/mol. The third-order valence-electron chi connectivity index (χ3n) is 4.80. The van der Waals surface area contributed by atoms with Gasteiger partial charge in [-0.25, -0.2) is 4.98 Å². The van der Waals surface area contributed by atoms with Gasteiger partial charge < -0.3 is 14.7 Å². The van der Waals surface area contributed by atoms with Crippen LogP contribution in [0, 0.1) is 5.41 Å². The summed E-state index contributed by atoms with van der Waals surface area (Å²) >= 11 is 0. The van der Waals surface area contributed by atoms with Crippen LogP contribution in [0.2, 0.25) is 0 Å². The van der Waals surface area contributed by atoms with E-state index in [2.05, 4.69) is 41.9 Å². The van der Waals surface area contributed by atoms with Gasteiger partial charge in [-0.15, -0.1) is 0 Å². The van der Waals surface area contributed by atoms with Crippen molar-refractivity contribution in [1.29, 1.82) is 0 Å². The van der Waals surface area contributed by atoms with Crippen LogP contribution in [0.5, 0.6) is 0 Å². The van der Waals surface area contributed by atoms with Gasteiger partial charge in [-0.3, -0.25) is 0 Å². The SMILES string of the molecule is CC(C)c1cc(N(C)CC2(CO)CCOCC2)n2nccc2n1. The van der Waals surface area contributed by atoms with E-state index in [-0.39, 0.29) is 12.0 Å². The average Bonchev–Trinajstić information content (AvgIpc) is 3.03. The molecule has 1 N–H and O–H groups in total. The minimum atomic E-state index is -0.103. The summed E-state index contributed by atoms with van der Waals surface area (Å²) in [5.41, 5.74) is 1.82. The summed E-state index contributed by atoms with van der Waals surface area (Å²) in [5, 5.41) is 14.3. The van der Waals surface area contributed by atoms with E-state index >= 15 is 0 Å².